The van der Waals surface area contributed by atoms with Crippen molar-refractivity contribution < 1.29 is 19.8 Å². The van der Waals surface area contributed by atoms with Crippen LogP contribution in [0.15, 0.2) is 22.5 Å². The van der Waals surface area contributed by atoms with Crippen LogP contribution >= 0.6 is 0 Å². The van der Waals surface area contributed by atoms with Crippen molar-refractivity contribution in [3.63, 3.8) is 0 Å². The number of carbonyl (C=O) groups is 2. The van der Waals surface area contributed by atoms with E-state index in [2.05, 4.69) is 5.32 Å². The zero-order valence-electron chi connectivity index (χ0n) is 7.84. The Labute approximate surface area is 80.7 Å². The summed E-state index contributed by atoms with van der Waals surface area (Å²) in [5.74, 6) is -2.72. The quantitative estimate of drug-likeness (QED) is 0.551. The molecule has 0 aromatic rings. The van der Waals surface area contributed by atoms with E-state index in [9.17, 15) is 19.8 Å². The standard InChI is InChI=1S/C9H11NO4/c1-4-6(8(11)12)3-7(9(13)14)5(2)10-4/h10H,3H2,1-2H3,(H,11,12)(H,13,14)/p-2. The van der Waals surface area contributed by atoms with E-state index in [1.807, 2.05) is 0 Å². The van der Waals surface area contributed by atoms with E-state index < -0.39 is 11.9 Å². The Morgan fingerprint density at radius 2 is 1.43 bits per heavy atom. The van der Waals surface area contributed by atoms with E-state index in [0.717, 1.165) is 0 Å². The normalized spacial score (nSPS) is 16.7. The van der Waals surface area contributed by atoms with Gasteiger partial charge in [-0.1, -0.05) is 0 Å². The van der Waals surface area contributed by atoms with Crippen molar-refractivity contribution in [3.05, 3.63) is 22.5 Å². The van der Waals surface area contributed by atoms with Crippen molar-refractivity contribution in [2.75, 3.05) is 0 Å². The third kappa shape index (κ3) is 1.76. The first-order chi connectivity index (χ1) is 6.43. The van der Waals surface area contributed by atoms with Gasteiger partial charge in [0.1, 0.15) is 0 Å². The molecule has 0 saturated carbocycles. The summed E-state index contributed by atoms with van der Waals surface area (Å²) in [6, 6.07) is 0. The summed E-state index contributed by atoms with van der Waals surface area (Å²) in [4.78, 5) is 21.2. The molecule has 0 spiro atoms. The fraction of sp³-hybridized carbons (Fsp3) is 0.333. The van der Waals surface area contributed by atoms with Crippen LogP contribution in [0.3, 0.4) is 0 Å². The maximum absolute atomic E-state index is 10.6. The van der Waals surface area contributed by atoms with Gasteiger partial charge in [0.15, 0.2) is 0 Å². The minimum absolute atomic E-state index is 0.0465. The Hall–Kier alpha value is -1.78. The monoisotopic (exact) mass is 195 g/mol. The molecular formula is C9H9NO4-2. The van der Waals surface area contributed by atoms with Gasteiger partial charge in [0.2, 0.25) is 0 Å². The predicted octanol–water partition coefficient (Wildman–Crippen LogP) is -1.97. The molecule has 76 valence electrons. The molecular weight excluding hydrogens is 186 g/mol. The molecule has 0 radical (unpaired) electrons. The van der Waals surface area contributed by atoms with Gasteiger partial charge in [-0.2, -0.15) is 0 Å². The number of nitrogens with one attached hydrogen (secondary N) is 1. The lowest BCUT2D eigenvalue weighted by Gasteiger charge is -2.25. The summed E-state index contributed by atoms with van der Waals surface area (Å²) in [5, 5.41) is 23.8. The van der Waals surface area contributed by atoms with Gasteiger partial charge in [0.05, 0.1) is 11.9 Å². The fourth-order valence-electron chi connectivity index (χ4n) is 1.32. The highest BCUT2D eigenvalue weighted by Crippen LogP contribution is 2.21. The molecule has 0 atom stereocenters. The van der Waals surface area contributed by atoms with Crippen LogP contribution in [-0.2, 0) is 9.59 Å². The maximum atomic E-state index is 10.6. The van der Waals surface area contributed by atoms with Crippen LogP contribution in [0.1, 0.15) is 20.3 Å². The Balaban J connectivity index is 3.03. The zero-order valence-corrected chi connectivity index (χ0v) is 7.84. The van der Waals surface area contributed by atoms with Crippen LogP contribution in [0.2, 0.25) is 0 Å². The van der Waals surface area contributed by atoms with Gasteiger partial charge in [-0.3, -0.25) is 0 Å². The summed E-state index contributed by atoms with van der Waals surface area (Å²) in [6.07, 6.45) is -0.157. The van der Waals surface area contributed by atoms with Crippen molar-refractivity contribution in [3.8, 4) is 0 Å². The Bertz CT molecular complexity index is 331. The number of hydrogen-bond acceptors (Lipinski definition) is 5. The fourth-order valence-corrected chi connectivity index (χ4v) is 1.32. The lowest BCUT2D eigenvalue weighted by atomic mass is 9.98. The van der Waals surface area contributed by atoms with Crippen molar-refractivity contribution in [2.45, 2.75) is 20.3 Å². The highest BCUT2D eigenvalue weighted by molar-refractivity contribution is 5.93. The van der Waals surface area contributed by atoms with E-state index in [4.69, 9.17) is 0 Å². The van der Waals surface area contributed by atoms with Crippen LogP contribution in [0.25, 0.3) is 0 Å². The van der Waals surface area contributed by atoms with Crippen molar-refractivity contribution in [1.82, 2.24) is 5.32 Å². The van der Waals surface area contributed by atoms with Gasteiger partial charge in [0, 0.05) is 17.8 Å². The molecule has 0 saturated heterocycles. The number of carboxylic acid groups (broad SMARTS) is 2. The molecule has 1 N–H and O–H groups in total. The van der Waals surface area contributed by atoms with Gasteiger partial charge in [-0.05, 0) is 25.0 Å². The smallest absolute Gasteiger partial charge is 0.0695 e. The molecule has 0 unspecified atom stereocenters. The molecule has 0 fully saturated rings. The number of carboxylic acids is 2. The number of dihydropyridines is 1. The second kappa shape index (κ2) is 3.53. The largest absolute Gasteiger partial charge is 0.545 e. The van der Waals surface area contributed by atoms with Gasteiger partial charge < -0.3 is 25.1 Å². The Kier molecular flexibility index (Phi) is 2.60. The summed E-state index contributed by atoms with van der Waals surface area (Å²) < 4.78 is 0. The minimum atomic E-state index is -1.36. The molecule has 14 heavy (non-hydrogen) atoms. The molecule has 0 aromatic carbocycles. The van der Waals surface area contributed by atoms with Gasteiger partial charge in [0.25, 0.3) is 0 Å². The second-order valence-corrected chi connectivity index (χ2v) is 3.08. The van der Waals surface area contributed by atoms with Gasteiger partial charge in [-0.15, -0.1) is 0 Å². The summed E-state index contributed by atoms with van der Waals surface area (Å²) in [6.45, 7) is 3.11. The number of rotatable bonds is 2. The molecule has 5 heteroatoms. The summed E-state index contributed by atoms with van der Waals surface area (Å²) in [5.41, 5.74) is 0.726. The number of aliphatic carboxylic acids is 2. The van der Waals surface area contributed by atoms with Crippen molar-refractivity contribution in [2.24, 2.45) is 0 Å². The van der Waals surface area contributed by atoms with Gasteiger partial charge >= 0.3 is 0 Å². The zero-order chi connectivity index (χ0) is 10.9. The minimum Gasteiger partial charge on any atom is -0.545 e. The maximum Gasteiger partial charge on any atom is 0.0695 e. The highest BCUT2D eigenvalue weighted by atomic mass is 16.4. The van der Waals surface area contributed by atoms with E-state index in [1.165, 1.54) is 0 Å². The van der Waals surface area contributed by atoms with E-state index >= 15 is 0 Å². The van der Waals surface area contributed by atoms with E-state index in [0.29, 0.717) is 11.4 Å². The lowest BCUT2D eigenvalue weighted by molar-refractivity contribution is -0.300. The van der Waals surface area contributed by atoms with Crippen LogP contribution in [0.4, 0.5) is 0 Å². The predicted molar refractivity (Wildman–Crippen MR) is 43.2 cm³/mol. The summed E-state index contributed by atoms with van der Waals surface area (Å²) in [7, 11) is 0. The van der Waals surface area contributed by atoms with E-state index in [-0.39, 0.29) is 17.6 Å². The molecule has 1 heterocycles. The van der Waals surface area contributed by atoms with Gasteiger partial charge in [-0.25, -0.2) is 0 Å². The summed E-state index contributed by atoms with van der Waals surface area (Å²) >= 11 is 0. The average Bonchev–Trinajstić information content (AvgIpc) is 2.02. The topological polar surface area (TPSA) is 92.3 Å². The molecule has 1 rings (SSSR count). The molecule has 1 aliphatic heterocycles. The molecule has 0 amide bonds. The number of allylic oxidation sites excluding steroid dienone is 2. The third-order valence-corrected chi connectivity index (χ3v) is 2.13. The third-order valence-electron chi connectivity index (χ3n) is 2.13. The first-order valence-corrected chi connectivity index (χ1v) is 4.02. The molecule has 1 aliphatic rings. The van der Waals surface area contributed by atoms with Crippen LogP contribution in [-0.4, -0.2) is 11.9 Å². The van der Waals surface area contributed by atoms with Crippen LogP contribution in [0.5, 0.6) is 0 Å². The Morgan fingerprint density at radius 3 is 1.71 bits per heavy atom. The van der Waals surface area contributed by atoms with Crippen LogP contribution < -0.4 is 15.5 Å². The number of hydrogen-bond donors (Lipinski definition) is 1. The second-order valence-electron chi connectivity index (χ2n) is 3.08. The average molecular weight is 195 g/mol. The van der Waals surface area contributed by atoms with E-state index in [1.54, 1.807) is 13.8 Å². The number of carbonyl (C=O) groups excluding carboxylic acids is 2. The molecule has 0 aromatic heterocycles. The van der Waals surface area contributed by atoms with Crippen molar-refractivity contribution in [1.29, 1.82) is 0 Å². The molecule has 5 nitrogen and oxygen atoms in total. The SMILES string of the molecule is CC1=C(C(=O)[O-])CC(C(=O)[O-])=C(C)N1. The first kappa shape index (κ1) is 10.3. The van der Waals surface area contributed by atoms with Crippen molar-refractivity contribution >= 4 is 11.9 Å². The highest BCUT2D eigenvalue weighted by Gasteiger charge is 2.16. The Morgan fingerprint density at radius 1 is 1.07 bits per heavy atom. The first-order valence-electron chi connectivity index (χ1n) is 4.02. The van der Waals surface area contributed by atoms with Crippen LogP contribution in [0, 0.1) is 0 Å². The lowest BCUT2D eigenvalue weighted by Crippen LogP contribution is -2.35. The molecule has 0 aliphatic carbocycles. The molecule has 0 bridgehead atoms.